The molecule has 0 saturated carbocycles. The van der Waals surface area contributed by atoms with Gasteiger partial charge in [0.15, 0.2) is 0 Å². The van der Waals surface area contributed by atoms with Crippen LogP contribution in [-0.4, -0.2) is 44.2 Å². The second kappa shape index (κ2) is 5.27. The number of nitrogen functional groups attached to an aromatic ring is 1. The van der Waals surface area contributed by atoms with Gasteiger partial charge in [-0.25, -0.2) is 0 Å². The molecule has 1 fully saturated rings. The van der Waals surface area contributed by atoms with Crippen LogP contribution in [0, 0.1) is 0 Å². The summed E-state index contributed by atoms with van der Waals surface area (Å²) in [5.41, 5.74) is 6.86. The van der Waals surface area contributed by atoms with E-state index in [0.29, 0.717) is 23.5 Å². The standard InChI is InChI=1S/C13H18N2O3/c1-17-10-5-6-15(8-10)13(16)9-3-4-11(14)12(7-9)18-2/h3-4,7,10H,5-6,8,14H2,1-2H3. The molecule has 1 saturated heterocycles. The summed E-state index contributed by atoms with van der Waals surface area (Å²) in [6, 6.07) is 5.09. The number of carbonyl (C=O) groups excluding carboxylic acids is 1. The van der Waals surface area contributed by atoms with E-state index in [0.717, 1.165) is 13.0 Å². The van der Waals surface area contributed by atoms with Crippen LogP contribution in [0.3, 0.4) is 0 Å². The molecule has 0 aliphatic carbocycles. The Bertz CT molecular complexity index is 448. The summed E-state index contributed by atoms with van der Waals surface area (Å²) in [6.45, 7) is 1.37. The number of rotatable bonds is 3. The molecular formula is C13H18N2O3. The van der Waals surface area contributed by atoms with Crippen LogP contribution in [0.2, 0.25) is 0 Å². The average Bonchev–Trinajstić information content (AvgIpc) is 2.87. The van der Waals surface area contributed by atoms with Crippen molar-refractivity contribution in [1.29, 1.82) is 0 Å². The lowest BCUT2D eigenvalue weighted by Gasteiger charge is -2.17. The Morgan fingerprint density at radius 1 is 1.44 bits per heavy atom. The van der Waals surface area contributed by atoms with Crippen molar-refractivity contribution in [1.82, 2.24) is 4.90 Å². The summed E-state index contributed by atoms with van der Waals surface area (Å²) < 4.78 is 10.4. The second-order valence-electron chi connectivity index (χ2n) is 4.35. The highest BCUT2D eigenvalue weighted by molar-refractivity contribution is 5.95. The van der Waals surface area contributed by atoms with E-state index in [9.17, 15) is 4.79 Å². The van der Waals surface area contributed by atoms with Crippen molar-refractivity contribution in [3.63, 3.8) is 0 Å². The molecule has 1 aliphatic heterocycles. The highest BCUT2D eigenvalue weighted by Gasteiger charge is 2.27. The van der Waals surface area contributed by atoms with Crippen LogP contribution >= 0.6 is 0 Å². The molecule has 5 heteroatoms. The Morgan fingerprint density at radius 2 is 2.22 bits per heavy atom. The number of ether oxygens (including phenoxy) is 2. The topological polar surface area (TPSA) is 64.8 Å². The Kier molecular flexibility index (Phi) is 3.72. The number of amides is 1. The van der Waals surface area contributed by atoms with Crippen molar-refractivity contribution in [2.24, 2.45) is 0 Å². The Balaban J connectivity index is 2.14. The van der Waals surface area contributed by atoms with Gasteiger partial charge in [0.25, 0.3) is 5.91 Å². The highest BCUT2D eigenvalue weighted by Crippen LogP contribution is 2.24. The van der Waals surface area contributed by atoms with Gasteiger partial charge in [-0.15, -0.1) is 0 Å². The molecule has 0 spiro atoms. The van der Waals surface area contributed by atoms with Crippen molar-refractivity contribution in [2.45, 2.75) is 12.5 Å². The molecule has 1 aromatic carbocycles. The number of hydrogen-bond acceptors (Lipinski definition) is 4. The maximum Gasteiger partial charge on any atom is 0.254 e. The Labute approximate surface area is 106 Å². The molecule has 2 N–H and O–H groups in total. The number of anilines is 1. The van der Waals surface area contributed by atoms with Crippen LogP contribution in [0.25, 0.3) is 0 Å². The van der Waals surface area contributed by atoms with Crippen molar-refractivity contribution in [3.05, 3.63) is 23.8 Å². The van der Waals surface area contributed by atoms with Crippen molar-refractivity contribution in [3.8, 4) is 5.75 Å². The molecular weight excluding hydrogens is 232 g/mol. The van der Waals surface area contributed by atoms with Gasteiger partial charge >= 0.3 is 0 Å². The number of nitrogens with two attached hydrogens (primary N) is 1. The van der Waals surface area contributed by atoms with E-state index in [1.807, 2.05) is 0 Å². The first-order valence-electron chi connectivity index (χ1n) is 5.91. The number of carbonyl (C=O) groups is 1. The fraction of sp³-hybridized carbons (Fsp3) is 0.462. The van der Waals surface area contributed by atoms with Crippen molar-refractivity contribution < 1.29 is 14.3 Å². The first-order chi connectivity index (χ1) is 8.65. The smallest absolute Gasteiger partial charge is 0.254 e. The van der Waals surface area contributed by atoms with Gasteiger partial charge < -0.3 is 20.1 Å². The Morgan fingerprint density at radius 3 is 2.83 bits per heavy atom. The van der Waals surface area contributed by atoms with Gasteiger partial charge in [0.2, 0.25) is 0 Å². The number of benzene rings is 1. The van der Waals surface area contributed by atoms with E-state index in [4.69, 9.17) is 15.2 Å². The molecule has 1 atom stereocenters. The average molecular weight is 250 g/mol. The highest BCUT2D eigenvalue weighted by atomic mass is 16.5. The maximum absolute atomic E-state index is 12.3. The van der Waals surface area contributed by atoms with Crippen LogP contribution in [0.5, 0.6) is 5.75 Å². The van der Waals surface area contributed by atoms with Gasteiger partial charge in [-0.1, -0.05) is 0 Å². The van der Waals surface area contributed by atoms with Crippen LogP contribution in [0.4, 0.5) is 5.69 Å². The molecule has 0 aromatic heterocycles. The summed E-state index contributed by atoms with van der Waals surface area (Å²) in [6.07, 6.45) is 1.03. The normalized spacial score (nSPS) is 19.0. The van der Waals surface area contributed by atoms with E-state index in [1.165, 1.54) is 7.11 Å². The fourth-order valence-electron chi connectivity index (χ4n) is 2.13. The van der Waals surface area contributed by atoms with Crippen molar-refractivity contribution >= 4 is 11.6 Å². The molecule has 1 aromatic rings. The summed E-state index contributed by atoms with van der Waals surface area (Å²) in [7, 11) is 3.21. The quantitative estimate of drug-likeness (QED) is 0.817. The van der Waals surface area contributed by atoms with Gasteiger partial charge in [0.05, 0.1) is 18.9 Å². The molecule has 1 aliphatic rings. The first kappa shape index (κ1) is 12.7. The van der Waals surface area contributed by atoms with Gasteiger partial charge in [-0.3, -0.25) is 4.79 Å². The van der Waals surface area contributed by atoms with E-state index >= 15 is 0 Å². The molecule has 2 rings (SSSR count). The first-order valence-corrected chi connectivity index (χ1v) is 5.91. The van der Waals surface area contributed by atoms with E-state index in [2.05, 4.69) is 0 Å². The van der Waals surface area contributed by atoms with E-state index in [1.54, 1.807) is 30.2 Å². The molecule has 5 nitrogen and oxygen atoms in total. The van der Waals surface area contributed by atoms with Gasteiger partial charge in [-0.2, -0.15) is 0 Å². The molecule has 18 heavy (non-hydrogen) atoms. The van der Waals surface area contributed by atoms with Crippen LogP contribution in [0.15, 0.2) is 18.2 Å². The summed E-state index contributed by atoms with van der Waals surface area (Å²) >= 11 is 0. The molecule has 0 bridgehead atoms. The van der Waals surface area contributed by atoms with Crippen LogP contribution in [0.1, 0.15) is 16.8 Å². The zero-order valence-corrected chi connectivity index (χ0v) is 10.7. The molecule has 98 valence electrons. The lowest BCUT2D eigenvalue weighted by Crippen LogP contribution is -2.29. The van der Waals surface area contributed by atoms with Crippen LogP contribution in [-0.2, 0) is 4.74 Å². The number of nitrogens with zero attached hydrogens (tertiary/aromatic N) is 1. The largest absolute Gasteiger partial charge is 0.495 e. The minimum Gasteiger partial charge on any atom is -0.495 e. The maximum atomic E-state index is 12.3. The monoisotopic (exact) mass is 250 g/mol. The summed E-state index contributed by atoms with van der Waals surface area (Å²) in [5.74, 6) is 0.524. The van der Waals surface area contributed by atoms with E-state index < -0.39 is 0 Å². The van der Waals surface area contributed by atoms with Crippen LogP contribution < -0.4 is 10.5 Å². The summed E-state index contributed by atoms with van der Waals surface area (Å²) in [4.78, 5) is 14.1. The van der Waals surface area contributed by atoms with Gasteiger partial charge in [0.1, 0.15) is 5.75 Å². The predicted molar refractivity (Wildman–Crippen MR) is 68.7 cm³/mol. The molecule has 1 amide bonds. The molecule has 1 heterocycles. The summed E-state index contributed by atoms with van der Waals surface area (Å²) in [5, 5.41) is 0. The Hall–Kier alpha value is -1.75. The SMILES string of the molecule is COc1cc(C(=O)N2CCC(OC)C2)ccc1N. The third kappa shape index (κ3) is 2.41. The molecule has 0 radical (unpaired) electrons. The second-order valence-corrected chi connectivity index (χ2v) is 4.35. The third-order valence-electron chi connectivity index (χ3n) is 3.25. The molecule has 1 unspecified atom stereocenters. The predicted octanol–water partition coefficient (Wildman–Crippen LogP) is 1.14. The number of likely N-dealkylation sites (tertiary alicyclic amines) is 1. The van der Waals surface area contributed by atoms with Gasteiger partial charge in [-0.05, 0) is 24.6 Å². The lowest BCUT2D eigenvalue weighted by atomic mass is 10.1. The fourth-order valence-corrected chi connectivity index (χ4v) is 2.13. The zero-order chi connectivity index (χ0) is 13.1. The third-order valence-corrected chi connectivity index (χ3v) is 3.25. The minimum atomic E-state index is -0.00662. The minimum absolute atomic E-state index is 0.00662. The lowest BCUT2D eigenvalue weighted by molar-refractivity contribution is 0.0724. The van der Waals surface area contributed by atoms with E-state index in [-0.39, 0.29) is 12.0 Å². The van der Waals surface area contributed by atoms with Gasteiger partial charge in [0, 0.05) is 25.8 Å². The van der Waals surface area contributed by atoms with Crippen molar-refractivity contribution in [2.75, 3.05) is 33.0 Å². The number of hydrogen-bond donors (Lipinski definition) is 1. The zero-order valence-electron chi connectivity index (χ0n) is 10.7. The number of methoxy groups -OCH3 is 2.